The largest absolute Gasteiger partial charge is 0.479 e. The molecule has 1 amide bonds. The molecule has 0 aromatic heterocycles. The monoisotopic (exact) mass is 327 g/mol. The van der Waals surface area contributed by atoms with Crippen molar-refractivity contribution in [1.29, 1.82) is 0 Å². The van der Waals surface area contributed by atoms with Crippen LogP contribution < -0.4 is 5.32 Å². The molecule has 0 aliphatic carbocycles. The number of carboxylic acids is 1. The van der Waals surface area contributed by atoms with Gasteiger partial charge in [-0.15, -0.1) is 11.8 Å². The van der Waals surface area contributed by atoms with Gasteiger partial charge in [-0.2, -0.15) is 0 Å². The average molecular weight is 327 g/mol. The Morgan fingerprint density at radius 3 is 2.45 bits per heavy atom. The molecule has 22 heavy (non-hydrogen) atoms. The molecule has 122 valence electrons. The lowest BCUT2D eigenvalue weighted by molar-refractivity contribution is -0.147. The summed E-state index contributed by atoms with van der Waals surface area (Å²) in [4.78, 5) is 23.8. The van der Waals surface area contributed by atoms with Crippen LogP contribution in [-0.2, 0) is 15.1 Å². The highest BCUT2D eigenvalue weighted by molar-refractivity contribution is 8.00. The Bertz CT molecular complexity index is 521. The van der Waals surface area contributed by atoms with Crippen LogP contribution in [-0.4, -0.2) is 28.0 Å². The summed E-state index contributed by atoms with van der Waals surface area (Å²) < 4.78 is 13.0. The van der Waals surface area contributed by atoms with Crippen molar-refractivity contribution in [3.8, 4) is 0 Å². The van der Waals surface area contributed by atoms with E-state index in [1.807, 2.05) is 0 Å². The standard InChI is InChI=1S/C16H22FNO3S/c1-4-5-10-22-11(2)14(19)18-16(3,15(20)21)12-6-8-13(17)9-7-12/h6-9,11H,4-5,10H2,1-3H3,(H,18,19)(H,20,21). The van der Waals surface area contributed by atoms with Gasteiger partial charge in [-0.25, -0.2) is 9.18 Å². The van der Waals surface area contributed by atoms with E-state index in [4.69, 9.17) is 0 Å². The highest BCUT2D eigenvalue weighted by Crippen LogP contribution is 2.23. The number of carbonyl (C=O) groups is 2. The number of benzene rings is 1. The van der Waals surface area contributed by atoms with Gasteiger partial charge < -0.3 is 10.4 Å². The van der Waals surface area contributed by atoms with Crippen LogP contribution in [0.5, 0.6) is 0 Å². The summed E-state index contributed by atoms with van der Waals surface area (Å²) in [6.07, 6.45) is 2.06. The predicted molar refractivity (Wildman–Crippen MR) is 86.4 cm³/mol. The molecule has 2 N–H and O–H groups in total. The Morgan fingerprint density at radius 2 is 1.95 bits per heavy atom. The van der Waals surface area contributed by atoms with Crippen molar-refractivity contribution in [3.05, 3.63) is 35.6 Å². The Morgan fingerprint density at radius 1 is 1.36 bits per heavy atom. The minimum absolute atomic E-state index is 0.334. The summed E-state index contributed by atoms with van der Waals surface area (Å²) in [5.41, 5.74) is -1.25. The molecule has 0 bridgehead atoms. The number of amides is 1. The van der Waals surface area contributed by atoms with E-state index in [2.05, 4.69) is 12.2 Å². The molecule has 0 radical (unpaired) electrons. The van der Waals surface area contributed by atoms with Crippen LogP contribution in [0, 0.1) is 5.82 Å². The molecule has 2 unspecified atom stereocenters. The molecule has 1 aromatic carbocycles. The third-order valence-electron chi connectivity index (χ3n) is 3.46. The minimum Gasteiger partial charge on any atom is -0.479 e. The van der Waals surface area contributed by atoms with Gasteiger partial charge in [0.15, 0.2) is 5.54 Å². The molecular weight excluding hydrogens is 305 g/mol. The Balaban J connectivity index is 2.85. The summed E-state index contributed by atoms with van der Waals surface area (Å²) in [6.45, 7) is 5.23. The third-order valence-corrected chi connectivity index (χ3v) is 4.70. The second kappa shape index (κ2) is 8.17. The number of hydrogen-bond donors (Lipinski definition) is 2. The molecule has 4 nitrogen and oxygen atoms in total. The second-order valence-corrected chi connectivity index (χ2v) is 6.74. The van der Waals surface area contributed by atoms with Crippen molar-refractivity contribution < 1.29 is 19.1 Å². The molecule has 0 saturated carbocycles. The summed E-state index contributed by atoms with van der Waals surface area (Å²) in [5, 5.41) is 11.7. The second-order valence-electron chi connectivity index (χ2n) is 5.29. The lowest BCUT2D eigenvalue weighted by Crippen LogP contribution is -2.51. The molecule has 6 heteroatoms. The first-order valence-electron chi connectivity index (χ1n) is 7.24. The zero-order valence-electron chi connectivity index (χ0n) is 13.1. The summed E-state index contributed by atoms with van der Waals surface area (Å²) >= 11 is 1.49. The van der Waals surface area contributed by atoms with Crippen LogP contribution in [0.3, 0.4) is 0 Å². The lowest BCUT2D eigenvalue weighted by Gasteiger charge is -2.28. The van der Waals surface area contributed by atoms with Gasteiger partial charge in [0.2, 0.25) is 5.91 Å². The number of hydrogen-bond acceptors (Lipinski definition) is 3. The molecular formula is C16H22FNO3S. The quantitative estimate of drug-likeness (QED) is 0.720. The van der Waals surface area contributed by atoms with Crippen LogP contribution in [0.1, 0.15) is 39.2 Å². The highest BCUT2D eigenvalue weighted by Gasteiger charge is 2.37. The van der Waals surface area contributed by atoms with E-state index in [9.17, 15) is 19.1 Å². The fraction of sp³-hybridized carbons (Fsp3) is 0.500. The zero-order valence-corrected chi connectivity index (χ0v) is 13.9. The molecule has 0 aliphatic heterocycles. The average Bonchev–Trinajstić information content (AvgIpc) is 2.47. The van der Waals surface area contributed by atoms with Crippen molar-refractivity contribution >= 4 is 23.6 Å². The highest BCUT2D eigenvalue weighted by atomic mass is 32.2. The molecule has 1 aromatic rings. The SMILES string of the molecule is CCCCSC(C)C(=O)NC(C)(C(=O)O)c1ccc(F)cc1. The number of nitrogens with one attached hydrogen (secondary N) is 1. The van der Waals surface area contributed by atoms with E-state index >= 15 is 0 Å². The van der Waals surface area contributed by atoms with E-state index in [-0.39, 0.29) is 11.2 Å². The topological polar surface area (TPSA) is 66.4 Å². The Kier molecular flexibility index (Phi) is 6.87. The van der Waals surface area contributed by atoms with Gasteiger partial charge in [0, 0.05) is 0 Å². The van der Waals surface area contributed by atoms with Crippen molar-refractivity contribution in [2.24, 2.45) is 0 Å². The predicted octanol–water partition coefficient (Wildman–Crippen LogP) is 3.16. The van der Waals surface area contributed by atoms with Gasteiger partial charge in [-0.1, -0.05) is 25.5 Å². The number of thioether (sulfide) groups is 1. The maximum atomic E-state index is 13.0. The maximum Gasteiger partial charge on any atom is 0.333 e. The molecule has 0 aliphatic rings. The van der Waals surface area contributed by atoms with Gasteiger partial charge in [-0.05, 0) is 43.7 Å². The molecule has 2 atom stereocenters. The fourth-order valence-corrected chi connectivity index (χ4v) is 2.88. The number of aliphatic carboxylic acids is 1. The van der Waals surface area contributed by atoms with E-state index in [1.54, 1.807) is 6.92 Å². The van der Waals surface area contributed by atoms with Crippen LogP contribution in [0.15, 0.2) is 24.3 Å². The molecule has 0 spiro atoms. The van der Waals surface area contributed by atoms with Crippen LogP contribution in [0.2, 0.25) is 0 Å². The first kappa shape index (κ1) is 18.5. The number of unbranched alkanes of at least 4 members (excludes halogenated alkanes) is 1. The zero-order chi connectivity index (χ0) is 16.8. The van der Waals surface area contributed by atoms with E-state index < -0.39 is 17.3 Å². The van der Waals surface area contributed by atoms with Crippen LogP contribution in [0.25, 0.3) is 0 Å². The normalized spacial score (nSPS) is 14.9. The van der Waals surface area contributed by atoms with Crippen LogP contribution >= 0.6 is 11.8 Å². The Labute approximate surface area is 134 Å². The lowest BCUT2D eigenvalue weighted by atomic mass is 9.92. The maximum absolute atomic E-state index is 13.0. The summed E-state index contributed by atoms with van der Waals surface area (Å²) in [5.74, 6) is -1.12. The Hall–Kier alpha value is -1.56. The first-order valence-corrected chi connectivity index (χ1v) is 8.29. The number of carbonyl (C=O) groups excluding carboxylic acids is 1. The fourth-order valence-electron chi connectivity index (χ4n) is 1.86. The van der Waals surface area contributed by atoms with Crippen molar-refractivity contribution in [1.82, 2.24) is 5.32 Å². The molecule has 0 saturated heterocycles. The third kappa shape index (κ3) is 4.73. The molecule has 0 fully saturated rings. The number of rotatable bonds is 8. The van der Waals surface area contributed by atoms with Gasteiger partial charge >= 0.3 is 5.97 Å². The van der Waals surface area contributed by atoms with E-state index in [0.29, 0.717) is 5.56 Å². The molecule has 0 heterocycles. The van der Waals surface area contributed by atoms with Gasteiger partial charge in [0.1, 0.15) is 5.82 Å². The number of halogens is 1. The first-order chi connectivity index (χ1) is 10.3. The molecule has 1 rings (SSSR count). The summed E-state index contributed by atoms with van der Waals surface area (Å²) in [7, 11) is 0. The van der Waals surface area contributed by atoms with Crippen molar-refractivity contribution in [3.63, 3.8) is 0 Å². The van der Waals surface area contributed by atoms with E-state index in [0.717, 1.165) is 18.6 Å². The van der Waals surface area contributed by atoms with E-state index in [1.165, 1.54) is 43.0 Å². The minimum atomic E-state index is -1.58. The van der Waals surface area contributed by atoms with Crippen molar-refractivity contribution in [2.75, 3.05) is 5.75 Å². The van der Waals surface area contributed by atoms with Crippen molar-refractivity contribution in [2.45, 2.75) is 44.4 Å². The van der Waals surface area contributed by atoms with Gasteiger partial charge in [0.05, 0.1) is 5.25 Å². The van der Waals surface area contributed by atoms with Gasteiger partial charge in [-0.3, -0.25) is 4.79 Å². The number of carboxylic acid groups (broad SMARTS) is 1. The van der Waals surface area contributed by atoms with Crippen LogP contribution in [0.4, 0.5) is 4.39 Å². The smallest absolute Gasteiger partial charge is 0.333 e. The summed E-state index contributed by atoms with van der Waals surface area (Å²) in [6, 6.07) is 5.11. The van der Waals surface area contributed by atoms with Gasteiger partial charge in [0.25, 0.3) is 0 Å².